The van der Waals surface area contributed by atoms with Crippen LogP contribution in [-0.4, -0.2) is 12.3 Å². The van der Waals surface area contributed by atoms with E-state index in [0.29, 0.717) is 13.0 Å². The first-order valence-electron chi connectivity index (χ1n) is 6.37. The number of hydrogen-bond acceptors (Lipinski definition) is 2. The standard InChI is InChI=1S/C15H21NO/c1-15(2,10-16)9-14(17)13-7-6-11-4-3-5-12(11)8-13/h6-8H,3-5,9-10,16H2,1-2H3. The van der Waals surface area contributed by atoms with E-state index in [0.717, 1.165) is 18.4 Å². The van der Waals surface area contributed by atoms with E-state index < -0.39 is 0 Å². The Morgan fingerprint density at radius 2 is 2.00 bits per heavy atom. The smallest absolute Gasteiger partial charge is 0.163 e. The summed E-state index contributed by atoms with van der Waals surface area (Å²) in [6.07, 6.45) is 4.04. The molecular weight excluding hydrogens is 210 g/mol. The molecule has 0 unspecified atom stereocenters. The van der Waals surface area contributed by atoms with Gasteiger partial charge in [0.25, 0.3) is 0 Å². The van der Waals surface area contributed by atoms with Crippen LogP contribution in [0, 0.1) is 5.41 Å². The Labute approximate surface area is 103 Å². The molecule has 0 bridgehead atoms. The fourth-order valence-electron chi connectivity index (χ4n) is 2.35. The summed E-state index contributed by atoms with van der Waals surface area (Å²) in [4.78, 5) is 12.2. The lowest BCUT2D eigenvalue weighted by molar-refractivity contribution is 0.0935. The number of Topliss-reactive ketones (excluding diaryl/α,β-unsaturated/α-hetero) is 1. The molecule has 0 radical (unpaired) electrons. The average molecular weight is 231 g/mol. The third kappa shape index (κ3) is 2.75. The minimum atomic E-state index is -0.101. The van der Waals surface area contributed by atoms with E-state index in [2.05, 4.69) is 12.1 Å². The van der Waals surface area contributed by atoms with Crippen molar-refractivity contribution in [2.24, 2.45) is 11.1 Å². The summed E-state index contributed by atoms with van der Waals surface area (Å²) in [6.45, 7) is 4.63. The second-order valence-electron chi connectivity index (χ2n) is 5.81. The Morgan fingerprint density at radius 1 is 1.29 bits per heavy atom. The van der Waals surface area contributed by atoms with E-state index >= 15 is 0 Å². The van der Waals surface area contributed by atoms with Crippen LogP contribution in [0.15, 0.2) is 18.2 Å². The maximum atomic E-state index is 12.2. The number of hydrogen-bond donors (Lipinski definition) is 1. The molecule has 2 nitrogen and oxygen atoms in total. The molecule has 2 heteroatoms. The lowest BCUT2D eigenvalue weighted by Gasteiger charge is -2.21. The molecule has 0 heterocycles. The highest BCUT2D eigenvalue weighted by Crippen LogP contribution is 2.26. The minimum Gasteiger partial charge on any atom is -0.330 e. The Bertz CT molecular complexity index is 435. The van der Waals surface area contributed by atoms with Crippen LogP contribution >= 0.6 is 0 Å². The van der Waals surface area contributed by atoms with Gasteiger partial charge in [0.15, 0.2) is 5.78 Å². The van der Waals surface area contributed by atoms with Crippen LogP contribution < -0.4 is 5.73 Å². The number of carbonyl (C=O) groups is 1. The Kier molecular flexibility index (Phi) is 3.34. The summed E-state index contributed by atoms with van der Waals surface area (Å²) in [7, 11) is 0. The van der Waals surface area contributed by atoms with Crippen LogP contribution in [-0.2, 0) is 12.8 Å². The largest absolute Gasteiger partial charge is 0.330 e. The molecule has 2 N–H and O–H groups in total. The van der Waals surface area contributed by atoms with E-state index in [1.54, 1.807) is 0 Å². The summed E-state index contributed by atoms with van der Waals surface area (Å²) >= 11 is 0. The quantitative estimate of drug-likeness (QED) is 0.810. The van der Waals surface area contributed by atoms with Gasteiger partial charge in [-0.05, 0) is 48.4 Å². The topological polar surface area (TPSA) is 43.1 Å². The van der Waals surface area contributed by atoms with Crippen LogP contribution in [0.3, 0.4) is 0 Å². The van der Waals surface area contributed by atoms with Crippen molar-refractivity contribution in [3.63, 3.8) is 0 Å². The van der Waals surface area contributed by atoms with Gasteiger partial charge in [-0.2, -0.15) is 0 Å². The SMILES string of the molecule is CC(C)(CN)CC(=O)c1ccc2c(c1)CCC2. The second-order valence-corrected chi connectivity index (χ2v) is 5.81. The van der Waals surface area contributed by atoms with E-state index in [1.807, 2.05) is 19.9 Å². The Hall–Kier alpha value is -1.15. The minimum absolute atomic E-state index is 0.101. The lowest BCUT2D eigenvalue weighted by Crippen LogP contribution is -2.26. The van der Waals surface area contributed by atoms with Gasteiger partial charge in [0.2, 0.25) is 0 Å². The lowest BCUT2D eigenvalue weighted by atomic mass is 9.85. The molecule has 0 saturated carbocycles. The highest BCUT2D eigenvalue weighted by Gasteiger charge is 2.22. The molecule has 1 aliphatic carbocycles. The van der Waals surface area contributed by atoms with Crippen molar-refractivity contribution in [3.8, 4) is 0 Å². The molecule has 0 aliphatic heterocycles. The number of fused-ring (bicyclic) bond motifs is 1. The molecular formula is C15H21NO. The van der Waals surface area contributed by atoms with Crippen molar-refractivity contribution in [3.05, 3.63) is 34.9 Å². The fraction of sp³-hybridized carbons (Fsp3) is 0.533. The molecule has 0 fully saturated rings. The number of carbonyl (C=O) groups excluding carboxylic acids is 1. The normalized spacial score (nSPS) is 14.8. The first kappa shape index (κ1) is 12.3. The molecule has 1 aromatic rings. The third-order valence-electron chi connectivity index (χ3n) is 3.61. The van der Waals surface area contributed by atoms with Gasteiger partial charge in [-0.3, -0.25) is 4.79 Å². The zero-order valence-electron chi connectivity index (χ0n) is 10.8. The predicted octanol–water partition coefficient (Wildman–Crippen LogP) is 2.73. The van der Waals surface area contributed by atoms with Crippen molar-refractivity contribution in [1.29, 1.82) is 0 Å². The monoisotopic (exact) mass is 231 g/mol. The Balaban J connectivity index is 2.15. The second kappa shape index (κ2) is 4.61. The van der Waals surface area contributed by atoms with Crippen LogP contribution in [0.4, 0.5) is 0 Å². The maximum Gasteiger partial charge on any atom is 0.163 e. The van der Waals surface area contributed by atoms with E-state index in [1.165, 1.54) is 17.5 Å². The molecule has 17 heavy (non-hydrogen) atoms. The highest BCUT2D eigenvalue weighted by molar-refractivity contribution is 5.96. The van der Waals surface area contributed by atoms with Gasteiger partial charge in [-0.15, -0.1) is 0 Å². The average Bonchev–Trinajstić information content (AvgIpc) is 2.75. The summed E-state index contributed by atoms with van der Waals surface area (Å²) in [5, 5.41) is 0. The zero-order valence-corrected chi connectivity index (χ0v) is 10.8. The summed E-state index contributed by atoms with van der Waals surface area (Å²) in [5.74, 6) is 0.218. The highest BCUT2D eigenvalue weighted by atomic mass is 16.1. The summed E-state index contributed by atoms with van der Waals surface area (Å²) < 4.78 is 0. The number of aryl methyl sites for hydroxylation is 2. The molecule has 0 amide bonds. The van der Waals surface area contributed by atoms with Crippen LogP contribution in [0.5, 0.6) is 0 Å². The predicted molar refractivity (Wildman–Crippen MR) is 70.2 cm³/mol. The van der Waals surface area contributed by atoms with E-state index in [-0.39, 0.29) is 11.2 Å². The number of ketones is 1. The van der Waals surface area contributed by atoms with Crippen molar-refractivity contribution in [2.75, 3.05) is 6.54 Å². The molecule has 0 aromatic heterocycles. The van der Waals surface area contributed by atoms with Crippen LogP contribution in [0.25, 0.3) is 0 Å². The molecule has 2 rings (SSSR count). The van der Waals surface area contributed by atoms with Crippen molar-refractivity contribution in [2.45, 2.75) is 39.5 Å². The first-order valence-corrected chi connectivity index (χ1v) is 6.37. The van der Waals surface area contributed by atoms with Crippen molar-refractivity contribution < 1.29 is 4.79 Å². The molecule has 1 aliphatic rings. The number of rotatable bonds is 4. The van der Waals surface area contributed by atoms with Gasteiger partial charge >= 0.3 is 0 Å². The molecule has 0 saturated heterocycles. The van der Waals surface area contributed by atoms with Crippen molar-refractivity contribution in [1.82, 2.24) is 0 Å². The van der Waals surface area contributed by atoms with Crippen LogP contribution in [0.1, 0.15) is 48.2 Å². The molecule has 1 aromatic carbocycles. The van der Waals surface area contributed by atoms with Gasteiger partial charge in [-0.25, -0.2) is 0 Å². The maximum absolute atomic E-state index is 12.2. The number of benzene rings is 1. The summed E-state index contributed by atoms with van der Waals surface area (Å²) in [6, 6.07) is 6.17. The van der Waals surface area contributed by atoms with Gasteiger partial charge in [0.05, 0.1) is 0 Å². The molecule has 92 valence electrons. The van der Waals surface area contributed by atoms with Crippen molar-refractivity contribution >= 4 is 5.78 Å². The molecule has 0 spiro atoms. The van der Waals surface area contributed by atoms with E-state index in [4.69, 9.17) is 5.73 Å². The fourth-order valence-corrected chi connectivity index (χ4v) is 2.35. The van der Waals surface area contributed by atoms with E-state index in [9.17, 15) is 4.79 Å². The number of nitrogens with two attached hydrogens (primary N) is 1. The van der Waals surface area contributed by atoms with Gasteiger partial charge in [0, 0.05) is 12.0 Å². The first-order chi connectivity index (χ1) is 8.02. The van der Waals surface area contributed by atoms with Gasteiger partial charge in [-0.1, -0.05) is 26.0 Å². The van der Waals surface area contributed by atoms with Gasteiger partial charge in [0.1, 0.15) is 0 Å². The van der Waals surface area contributed by atoms with Gasteiger partial charge < -0.3 is 5.73 Å². The van der Waals surface area contributed by atoms with Crippen LogP contribution in [0.2, 0.25) is 0 Å². The third-order valence-corrected chi connectivity index (χ3v) is 3.61. The summed E-state index contributed by atoms with van der Waals surface area (Å²) in [5.41, 5.74) is 9.20. The Morgan fingerprint density at radius 3 is 2.71 bits per heavy atom. The molecule has 0 atom stereocenters. The zero-order chi connectivity index (χ0) is 12.5.